The fourth-order valence-corrected chi connectivity index (χ4v) is 11.8. The number of allylic oxidation sites excluding steroid dienone is 7. The van der Waals surface area contributed by atoms with E-state index in [1.807, 2.05) is 6.08 Å². The van der Waals surface area contributed by atoms with Gasteiger partial charge in [-0.2, -0.15) is 0 Å². The fourth-order valence-electron chi connectivity index (χ4n) is 11.8. The first-order valence-electron chi connectivity index (χ1n) is 36.9. The van der Waals surface area contributed by atoms with Crippen molar-refractivity contribution < 1.29 is 39.8 Å². The molecule has 0 aromatic rings. The molecule has 9 heteroatoms. The van der Waals surface area contributed by atoms with Gasteiger partial charge in [-0.05, 0) is 70.6 Å². The van der Waals surface area contributed by atoms with Gasteiger partial charge in [0.25, 0.3) is 0 Å². The molecule has 0 bridgehead atoms. The molecule has 0 aromatic carbocycles. The van der Waals surface area contributed by atoms with E-state index in [0.29, 0.717) is 6.42 Å². The van der Waals surface area contributed by atoms with Crippen LogP contribution in [0.15, 0.2) is 48.6 Å². The quantitative estimate of drug-likeness (QED) is 0.0261. The van der Waals surface area contributed by atoms with Crippen LogP contribution in [0.25, 0.3) is 0 Å². The van der Waals surface area contributed by atoms with Gasteiger partial charge in [-0.3, -0.25) is 4.79 Å². The molecular weight excluding hydrogens is 1040 g/mol. The van der Waals surface area contributed by atoms with E-state index in [-0.39, 0.29) is 12.5 Å². The van der Waals surface area contributed by atoms with E-state index in [4.69, 9.17) is 9.47 Å². The maximum atomic E-state index is 13.1. The SMILES string of the molecule is CCCCCCCCCC/C=C\CCCCCCCCCCCCCCCCCCCC(=O)NC(COC1OC(CO)C(O)C(O)C1O)C(O)/C=C/CC/C=C/CC/C=C/CCCCCCCCCCCCCCCCCCCCCCCC. The molecule has 0 radical (unpaired) electrons. The molecule has 0 saturated carbocycles. The first-order valence-corrected chi connectivity index (χ1v) is 36.9. The molecule has 7 atom stereocenters. The first-order chi connectivity index (χ1) is 41.3. The molecule has 0 aliphatic carbocycles. The fraction of sp³-hybridized carbons (Fsp3) is 0.880. The smallest absolute Gasteiger partial charge is 0.220 e. The molecule has 6 N–H and O–H groups in total. The number of hydrogen-bond acceptors (Lipinski definition) is 8. The Morgan fingerprint density at radius 3 is 1.00 bits per heavy atom. The lowest BCUT2D eigenvalue weighted by atomic mass is 9.99. The summed E-state index contributed by atoms with van der Waals surface area (Å²) in [6.45, 7) is 3.81. The molecule has 1 heterocycles. The Balaban J connectivity index is 2.14. The van der Waals surface area contributed by atoms with Crippen LogP contribution in [-0.2, 0) is 14.3 Å². The summed E-state index contributed by atoms with van der Waals surface area (Å²) >= 11 is 0. The number of unbranched alkanes of at least 4 members (excludes halogenated alkanes) is 49. The van der Waals surface area contributed by atoms with Gasteiger partial charge >= 0.3 is 0 Å². The molecule has 9 nitrogen and oxygen atoms in total. The highest BCUT2D eigenvalue weighted by Crippen LogP contribution is 2.23. The van der Waals surface area contributed by atoms with Crippen LogP contribution in [0.3, 0.4) is 0 Å². The molecule has 494 valence electrons. The second-order valence-electron chi connectivity index (χ2n) is 25.7. The van der Waals surface area contributed by atoms with Crippen LogP contribution in [0.5, 0.6) is 0 Å². The topological polar surface area (TPSA) is 149 Å². The third-order valence-electron chi connectivity index (χ3n) is 17.6. The third kappa shape index (κ3) is 52.1. The zero-order chi connectivity index (χ0) is 60.7. The van der Waals surface area contributed by atoms with E-state index in [0.717, 1.165) is 44.9 Å². The summed E-state index contributed by atoms with van der Waals surface area (Å²) in [5, 5.41) is 54.8. The zero-order valence-corrected chi connectivity index (χ0v) is 55.4. The van der Waals surface area contributed by atoms with Crippen molar-refractivity contribution in [2.75, 3.05) is 13.2 Å². The summed E-state index contributed by atoms with van der Waals surface area (Å²) in [6.07, 6.45) is 81.0. The summed E-state index contributed by atoms with van der Waals surface area (Å²) in [4.78, 5) is 13.1. The van der Waals surface area contributed by atoms with E-state index in [1.54, 1.807) is 6.08 Å². The standard InChI is InChI=1S/C75H141NO8/c1-3-5-7-9-11-13-15-17-19-21-23-25-27-29-31-33-34-35-37-38-40-42-44-46-48-50-52-54-56-58-60-62-64-69(78)68(67-83-75-74(82)73(81)72(80)70(66-77)84-75)76-71(79)65-63-61-59-57-55-53-51-49-47-45-43-41-39-36-32-30-28-26-24-22-20-18-16-14-12-10-8-6-4-2/h22,24,46,48,54,56,62,64,68-70,72-75,77-78,80-82H,3-21,23,25-45,47,49-53,55,57-61,63,65-67H2,1-2H3,(H,76,79)/b24-22-,48-46+,56-54+,64-62+. The van der Waals surface area contributed by atoms with Crippen molar-refractivity contribution in [3.05, 3.63) is 48.6 Å². The van der Waals surface area contributed by atoms with Gasteiger partial charge in [-0.25, -0.2) is 0 Å². The molecule has 0 spiro atoms. The van der Waals surface area contributed by atoms with Crippen LogP contribution in [0.2, 0.25) is 0 Å². The third-order valence-corrected chi connectivity index (χ3v) is 17.6. The molecule has 1 aliphatic rings. The molecular formula is C75H141NO8. The molecule has 84 heavy (non-hydrogen) atoms. The van der Waals surface area contributed by atoms with Crippen molar-refractivity contribution >= 4 is 5.91 Å². The lowest BCUT2D eigenvalue weighted by Gasteiger charge is -2.40. The molecule has 1 aliphatic heterocycles. The minimum Gasteiger partial charge on any atom is -0.394 e. The average molecular weight is 1180 g/mol. The second-order valence-corrected chi connectivity index (χ2v) is 25.7. The number of aliphatic hydroxyl groups excluding tert-OH is 5. The van der Waals surface area contributed by atoms with E-state index >= 15 is 0 Å². The molecule has 1 fully saturated rings. The summed E-state index contributed by atoms with van der Waals surface area (Å²) in [5.41, 5.74) is 0. The minimum absolute atomic E-state index is 0.185. The van der Waals surface area contributed by atoms with Gasteiger partial charge in [0.15, 0.2) is 6.29 Å². The van der Waals surface area contributed by atoms with Crippen molar-refractivity contribution in [2.45, 2.75) is 410 Å². The number of carbonyl (C=O) groups is 1. The summed E-state index contributed by atoms with van der Waals surface area (Å²) < 4.78 is 11.3. The van der Waals surface area contributed by atoms with E-state index < -0.39 is 49.5 Å². The monoisotopic (exact) mass is 1180 g/mol. The van der Waals surface area contributed by atoms with Crippen molar-refractivity contribution in [1.82, 2.24) is 5.32 Å². The van der Waals surface area contributed by atoms with Gasteiger partial charge in [-0.1, -0.05) is 339 Å². The average Bonchev–Trinajstić information content (AvgIpc) is 3.69. The minimum atomic E-state index is -1.58. The Morgan fingerprint density at radius 1 is 0.393 bits per heavy atom. The number of ether oxygens (including phenoxy) is 2. The molecule has 0 aromatic heterocycles. The normalized spacial score (nSPS) is 18.4. The Hall–Kier alpha value is -1.85. The maximum absolute atomic E-state index is 13.1. The van der Waals surface area contributed by atoms with Gasteiger partial charge in [0.2, 0.25) is 5.91 Å². The van der Waals surface area contributed by atoms with E-state index in [2.05, 4.69) is 55.6 Å². The Labute approximate surface area is 520 Å². The highest BCUT2D eigenvalue weighted by atomic mass is 16.7. The van der Waals surface area contributed by atoms with Crippen LogP contribution < -0.4 is 5.32 Å². The summed E-state index contributed by atoms with van der Waals surface area (Å²) in [6, 6.07) is -0.830. The predicted octanol–water partition coefficient (Wildman–Crippen LogP) is 20.4. The van der Waals surface area contributed by atoms with Crippen LogP contribution in [-0.4, -0.2) is 87.5 Å². The van der Waals surface area contributed by atoms with Gasteiger partial charge in [0.05, 0.1) is 25.4 Å². The van der Waals surface area contributed by atoms with Crippen LogP contribution in [0, 0.1) is 0 Å². The number of carbonyl (C=O) groups excluding carboxylic acids is 1. The van der Waals surface area contributed by atoms with Gasteiger partial charge < -0.3 is 40.3 Å². The van der Waals surface area contributed by atoms with Crippen LogP contribution in [0.1, 0.15) is 367 Å². The Kier molecular flexibility index (Phi) is 61.2. The predicted molar refractivity (Wildman–Crippen MR) is 359 cm³/mol. The van der Waals surface area contributed by atoms with Gasteiger partial charge in [0, 0.05) is 6.42 Å². The van der Waals surface area contributed by atoms with Crippen molar-refractivity contribution in [3.63, 3.8) is 0 Å². The number of aliphatic hydroxyl groups is 5. The lowest BCUT2D eigenvalue weighted by molar-refractivity contribution is -0.302. The molecule has 7 unspecified atom stereocenters. The number of hydrogen-bond donors (Lipinski definition) is 6. The molecule has 1 saturated heterocycles. The summed E-state index contributed by atoms with van der Waals surface area (Å²) in [7, 11) is 0. The largest absolute Gasteiger partial charge is 0.394 e. The highest BCUT2D eigenvalue weighted by Gasteiger charge is 2.44. The van der Waals surface area contributed by atoms with Crippen LogP contribution in [0.4, 0.5) is 0 Å². The van der Waals surface area contributed by atoms with Crippen molar-refractivity contribution in [1.29, 1.82) is 0 Å². The first kappa shape index (κ1) is 80.2. The maximum Gasteiger partial charge on any atom is 0.220 e. The number of rotatable bonds is 65. The Bertz CT molecular complexity index is 1470. The van der Waals surface area contributed by atoms with Crippen molar-refractivity contribution in [3.8, 4) is 0 Å². The van der Waals surface area contributed by atoms with E-state index in [1.165, 1.54) is 302 Å². The molecule has 1 rings (SSSR count). The Morgan fingerprint density at radius 2 is 0.679 bits per heavy atom. The zero-order valence-electron chi connectivity index (χ0n) is 55.4. The number of nitrogens with one attached hydrogen (secondary N) is 1. The number of amides is 1. The van der Waals surface area contributed by atoms with Gasteiger partial charge in [0.1, 0.15) is 24.4 Å². The lowest BCUT2D eigenvalue weighted by Crippen LogP contribution is -2.60. The van der Waals surface area contributed by atoms with Gasteiger partial charge in [-0.15, -0.1) is 0 Å². The molecule has 1 amide bonds. The highest BCUT2D eigenvalue weighted by molar-refractivity contribution is 5.76. The summed E-state index contributed by atoms with van der Waals surface area (Å²) in [5.74, 6) is -0.185. The van der Waals surface area contributed by atoms with Crippen LogP contribution >= 0.6 is 0 Å². The van der Waals surface area contributed by atoms with E-state index in [9.17, 15) is 30.3 Å². The van der Waals surface area contributed by atoms with Crippen molar-refractivity contribution in [2.24, 2.45) is 0 Å². The second kappa shape index (κ2) is 64.1.